The predicted octanol–water partition coefficient (Wildman–Crippen LogP) is -1.93. The van der Waals surface area contributed by atoms with Crippen LogP contribution in [0.2, 0.25) is 0 Å². The van der Waals surface area contributed by atoms with Gasteiger partial charge in [-0.2, -0.15) is 8.42 Å². The molecule has 0 radical (unpaired) electrons. The number of hydrogen-bond donors (Lipinski definition) is 5. The van der Waals surface area contributed by atoms with E-state index in [1.54, 1.807) is 20.8 Å². The lowest BCUT2D eigenvalue weighted by Crippen LogP contribution is -2.57. The van der Waals surface area contributed by atoms with Gasteiger partial charge in [0, 0.05) is 31.8 Å². The minimum Gasteiger partial charge on any atom is -0.450 e. The van der Waals surface area contributed by atoms with E-state index in [0.717, 1.165) is 12.2 Å². The molecule has 0 aromatic heterocycles. The van der Waals surface area contributed by atoms with Gasteiger partial charge in [0.25, 0.3) is 21.9 Å². The van der Waals surface area contributed by atoms with Crippen molar-refractivity contribution in [2.45, 2.75) is 51.4 Å². The second-order valence-electron chi connectivity index (χ2n) is 8.35. The van der Waals surface area contributed by atoms with Crippen molar-refractivity contribution in [1.29, 1.82) is 0 Å². The molecule has 15 nitrogen and oxygen atoms in total. The molecule has 208 valence electrons. The Morgan fingerprint density at radius 2 is 1.51 bits per heavy atom. The summed E-state index contributed by atoms with van der Waals surface area (Å²) in [6.45, 7) is 6.01. The van der Waals surface area contributed by atoms with Crippen LogP contribution in [0.15, 0.2) is 12.2 Å². The maximum absolute atomic E-state index is 12.8. The van der Waals surface area contributed by atoms with E-state index in [9.17, 15) is 41.7 Å². The quantitative estimate of drug-likeness (QED) is 0.0921. The van der Waals surface area contributed by atoms with Crippen molar-refractivity contribution in [2.24, 2.45) is 5.92 Å². The molecule has 37 heavy (non-hydrogen) atoms. The normalized spacial score (nSPS) is 15.7. The van der Waals surface area contributed by atoms with Crippen LogP contribution in [0.5, 0.6) is 0 Å². The number of imide groups is 1. The monoisotopic (exact) mass is 547 g/mol. The fourth-order valence-electron chi connectivity index (χ4n) is 3.15. The van der Waals surface area contributed by atoms with Gasteiger partial charge in [0.1, 0.15) is 12.1 Å². The van der Waals surface area contributed by atoms with E-state index in [0.29, 0.717) is 4.90 Å². The highest BCUT2D eigenvalue weighted by Crippen LogP contribution is 2.12. The average Bonchev–Trinajstić information content (AvgIpc) is 3.11. The second-order valence-corrected chi connectivity index (χ2v) is 9.95. The molecule has 1 heterocycles. The van der Waals surface area contributed by atoms with E-state index in [1.165, 1.54) is 6.92 Å². The van der Waals surface area contributed by atoms with E-state index in [1.807, 2.05) is 0 Å². The molecule has 5 N–H and O–H groups in total. The van der Waals surface area contributed by atoms with E-state index in [4.69, 9.17) is 0 Å². The summed E-state index contributed by atoms with van der Waals surface area (Å²) in [5, 5.41) is 7.50. The van der Waals surface area contributed by atoms with Gasteiger partial charge in [-0.1, -0.05) is 13.8 Å². The van der Waals surface area contributed by atoms with Crippen LogP contribution >= 0.6 is 0 Å². The zero-order valence-electron chi connectivity index (χ0n) is 21.0. The summed E-state index contributed by atoms with van der Waals surface area (Å²) < 4.78 is 37.9. The molecule has 1 rings (SSSR count). The Hall–Kier alpha value is -3.53. The van der Waals surface area contributed by atoms with Gasteiger partial charge in [0.05, 0.1) is 6.61 Å². The van der Waals surface area contributed by atoms with Crippen molar-refractivity contribution in [1.82, 2.24) is 26.2 Å². The van der Waals surface area contributed by atoms with Gasteiger partial charge in [0.15, 0.2) is 5.25 Å². The lowest BCUT2D eigenvalue weighted by Gasteiger charge is -2.26. The zero-order valence-corrected chi connectivity index (χ0v) is 21.8. The number of carbonyl (C=O) groups is 6. The number of hydrogen-bond acceptors (Lipinski definition) is 9. The maximum atomic E-state index is 12.8. The minimum absolute atomic E-state index is 0.0514. The van der Waals surface area contributed by atoms with Crippen molar-refractivity contribution in [3.05, 3.63) is 12.2 Å². The van der Waals surface area contributed by atoms with E-state index in [-0.39, 0.29) is 19.7 Å². The molecule has 0 saturated heterocycles. The largest absolute Gasteiger partial charge is 0.450 e. The SMILES string of the molecule is CCOC(=O)NCCNC(=O)[C@H](C)NC(=O)[C@@H](NC(=O)C(CCN1C(=O)C=CC1=O)S(=O)(=O)O)C(C)C. The molecule has 0 aliphatic carbocycles. The van der Waals surface area contributed by atoms with Crippen molar-refractivity contribution in [3.8, 4) is 0 Å². The molecule has 0 saturated carbocycles. The summed E-state index contributed by atoms with van der Waals surface area (Å²) in [5.74, 6) is -4.53. The molecule has 0 aromatic rings. The molecule has 1 unspecified atom stereocenters. The van der Waals surface area contributed by atoms with Crippen LogP contribution in [0.4, 0.5) is 4.79 Å². The Balaban J connectivity index is 2.73. The van der Waals surface area contributed by atoms with Gasteiger partial charge in [-0.25, -0.2) is 4.79 Å². The van der Waals surface area contributed by atoms with Crippen LogP contribution in [0.1, 0.15) is 34.1 Å². The van der Waals surface area contributed by atoms with Crippen molar-refractivity contribution >= 4 is 45.7 Å². The van der Waals surface area contributed by atoms with Crippen molar-refractivity contribution < 1.29 is 46.5 Å². The van der Waals surface area contributed by atoms with Crippen molar-refractivity contribution in [3.63, 3.8) is 0 Å². The third kappa shape index (κ3) is 10.2. The Labute approximate surface area is 214 Å². The molecule has 0 bridgehead atoms. The van der Waals surface area contributed by atoms with Crippen molar-refractivity contribution in [2.75, 3.05) is 26.2 Å². The highest BCUT2D eigenvalue weighted by atomic mass is 32.2. The second kappa shape index (κ2) is 14.3. The number of alkyl carbamates (subject to hydrolysis) is 1. The molecule has 6 amide bonds. The minimum atomic E-state index is -4.96. The summed E-state index contributed by atoms with van der Waals surface area (Å²) in [5.41, 5.74) is 0. The lowest BCUT2D eigenvalue weighted by atomic mass is 10.0. The summed E-state index contributed by atoms with van der Waals surface area (Å²) in [7, 11) is -4.96. The van der Waals surface area contributed by atoms with Gasteiger partial charge >= 0.3 is 6.09 Å². The topological polar surface area (TPSA) is 217 Å². The first-order valence-corrected chi connectivity index (χ1v) is 13.0. The van der Waals surface area contributed by atoms with Gasteiger partial charge in [-0.3, -0.25) is 33.4 Å². The summed E-state index contributed by atoms with van der Waals surface area (Å²) in [4.78, 5) is 73.0. The zero-order chi connectivity index (χ0) is 28.3. The van der Waals surface area contributed by atoms with E-state index in [2.05, 4.69) is 26.0 Å². The Morgan fingerprint density at radius 1 is 0.946 bits per heavy atom. The Morgan fingerprint density at radius 3 is 2.03 bits per heavy atom. The molecule has 3 atom stereocenters. The molecule has 0 spiro atoms. The van der Waals surface area contributed by atoms with E-state index >= 15 is 0 Å². The van der Waals surface area contributed by atoms with Crippen LogP contribution in [0.3, 0.4) is 0 Å². The first-order valence-electron chi connectivity index (χ1n) is 11.5. The summed E-state index contributed by atoms with van der Waals surface area (Å²) >= 11 is 0. The number of rotatable bonds is 14. The fourth-order valence-corrected chi connectivity index (χ4v) is 3.89. The predicted molar refractivity (Wildman–Crippen MR) is 128 cm³/mol. The van der Waals surface area contributed by atoms with Crippen LogP contribution < -0.4 is 21.3 Å². The molecule has 0 aromatic carbocycles. The third-order valence-electron chi connectivity index (χ3n) is 5.14. The standard InChI is InChI=1S/C21H33N5O10S/c1-5-36-21(32)23-10-9-22-18(29)13(4)24-20(31)17(12(2)3)25-19(30)14(37(33,34)35)8-11-26-15(27)6-7-16(26)28/h6-7,12-14,17H,5,8-11H2,1-4H3,(H,22,29)(H,23,32)(H,24,31)(H,25,30)(H,33,34,35)/t13-,14?,17-/m0/s1. The summed E-state index contributed by atoms with van der Waals surface area (Å²) in [6.07, 6.45) is 0.720. The first kappa shape index (κ1) is 31.5. The van der Waals surface area contributed by atoms with Gasteiger partial charge in [-0.05, 0) is 26.2 Å². The third-order valence-corrected chi connectivity index (χ3v) is 6.30. The van der Waals surface area contributed by atoms with Gasteiger partial charge < -0.3 is 26.0 Å². The molecule has 16 heteroatoms. The smallest absolute Gasteiger partial charge is 0.407 e. The molecule has 1 aliphatic rings. The molecule has 0 fully saturated rings. The van der Waals surface area contributed by atoms with E-state index < -0.39 is 82.0 Å². The highest BCUT2D eigenvalue weighted by Gasteiger charge is 2.36. The average molecular weight is 548 g/mol. The number of amides is 6. The number of carbonyl (C=O) groups excluding carboxylic acids is 6. The molecular weight excluding hydrogens is 514 g/mol. The first-order chi connectivity index (χ1) is 17.2. The van der Waals surface area contributed by atoms with Gasteiger partial charge in [-0.15, -0.1) is 0 Å². The number of nitrogens with one attached hydrogen (secondary N) is 4. The van der Waals surface area contributed by atoms with Crippen LogP contribution in [-0.2, 0) is 38.8 Å². The Bertz CT molecular complexity index is 1010. The number of nitrogens with zero attached hydrogens (tertiary/aromatic N) is 1. The Kier molecular flexibility index (Phi) is 12.1. The molecule has 1 aliphatic heterocycles. The van der Waals surface area contributed by atoms with Crippen LogP contribution in [0, 0.1) is 5.92 Å². The number of ether oxygens (including phenoxy) is 1. The maximum Gasteiger partial charge on any atom is 0.407 e. The molecular formula is C21H33N5O10S. The summed E-state index contributed by atoms with van der Waals surface area (Å²) in [6, 6.07) is -2.33. The fraction of sp³-hybridized carbons (Fsp3) is 0.619. The van der Waals surface area contributed by atoms with Crippen LogP contribution in [0.25, 0.3) is 0 Å². The van der Waals surface area contributed by atoms with Gasteiger partial charge in [0.2, 0.25) is 17.7 Å². The lowest BCUT2D eigenvalue weighted by molar-refractivity contribution is -0.137. The highest BCUT2D eigenvalue weighted by molar-refractivity contribution is 7.87. The van der Waals surface area contributed by atoms with Crippen LogP contribution in [-0.4, -0.2) is 97.1 Å².